The molecule has 1 heterocycles. The van der Waals surface area contributed by atoms with Crippen molar-refractivity contribution in [2.24, 2.45) is 5.92 Å². The summed E-state index contributed by atoms with van der Waals surface area (Å²) in [5.41, 5.74) is 2.62. The number of hydrogen-bond acceptors (Lipinski definition) is 5. The average Bonchev–Trinajstić information content (AvgIpc) is 2.85. The molecule has 0 aromatic heterocycles. The fraction of sp³-hybridized carbons (Fsp3) is 0.440. The van der Waals surface area contributed by atoms with Gasteiger partial charge >= 0.3 is 12.0 Å². The van der Waals surface area contributed by atoms with E-state index in [0.717, 1.165) is 16.7 Å². The van der Waals surface area contributed by atoms with Crippen LogP contribution in [-0.2, 0) is 16.0 Å². The van der Waals surface area contributed by atoms with E-state index >= 15 is 0 Å². The number of rotatable bonds is 7. The Hall–Kier alpha value is -3.29. The van der Waals surface area contributed by atoms with Crippen LogP contribution in [-0.4, -0.2) is 50.8 Å². The second-order valence-electron chi connectivity index (χ2n) is 8.14. The Balaban J connectivity index is 2.04. The summed E-state index contributed by atoms with van der Waals surface area (Å²) in [5.74, 6) is 0.194. The lowest BCUT2D eigenvalue weighted by Gasteiger charge is -2.39. The minimum absolute atomic E-state index is 0.105. The predicted octanol–water partition coefficient (Wildman–Crippen LogP) is 4.09. The number of carbonyl (C=O) groups excluding carboxylic acids is 2. The van der Waals surface area contributed by atoms with Crippen LogP contribution in [0.15, 0.2) is 36.4 Å². The Morgan fingerprint density at radius 3 is 2.33 bits per heavy atom. The number of urea groups is 1. The first-order chi connectivity index (χ1) is 15.8. The fourth-order valence-electron chi connectivity index (χ4n) is 4.18. The van der Waals surface area contributed by atoms with Gasteiger partial charge in [-0.25, -0.2) is 14.0 Å². The third kappa shape index (κ3) is 5.05. The lowest BCUT2D eigenvalue weighted by Crippen LogP contribution is -2.53. The van der Waals surface area contributed by atoms with Gasteiger partial charge in [-0.3, -0.25) is 0 Å². The third-order valence-corrected chi connectivity index (χ3v) is 6.27. The van der Waals surface area contributed by atoms with Crippen LogP contribution in [0.3, 0.4) is 0 Å². The monoisotopic (exact) mass is 458 g/mol. The molecule has 0 bridgehead atoms. The highest BCUT2D eigenvalue weighted by atomic mass is 19.1. The van der Waals surface area contributed by atoms with E-state index in [-0.39, 0.29) is 17.8 Å². The maximum Gasteiger partial charge on any atom is 0.328 e. The van der Waals surface area contributed by atoms with E-state index < -0.39 is 18.1 Å². The second kappa shape index (κ2) is 10.6. The van der Waals surface area contributed by atoms with Crippen molar-refractivity contribution in [2.45, 2.75) is 38.8 Å². The summed E-state index contributed by atoms with van der Waals surface area (Å²) >= 11 is 0. The van der Waals surface area contributed by atoms with Gasteiger partial charge in [0.25, 0.3) is 0 Å². The van der Waals surface area contributed by atoms with Crippen molar-refractivity contribution in [3.63, 3.8) is 0 Å². The van der Waals surface area contributed by atoms with Gasteiger partial charge in [0.05, 0.1) is 27.4 Å². The molecule has 33 heavy (non-hydrogen) atoms. The van der Waals surface area contributed by atoms with Gasteiger partial charge in [0.1, 0.15) is 11.9 Å². The van der Waals surface area contributed by atoms with Crippen molar-refractivity contribution in [2.75, 3.05) is 27.9 Å². The SMILES string of the molecule is CC[C@@H](C)[C@H](NC(=O)N1CCc2cc(OC)c(OC)cc2[C@@H]1c1ccc(F)cc1)C(=O)OC. The number of ether oxygens (including phenoxy) is 3. The van der Waals surface area contributed by atoms with Crippen LogP contribution in [0.5, 0.6) is 11.5 Å². The van der Waals surface area contributed by atoms with Crippen molar-refractivity contribution in [3.05, 3.63) is 58.9 Å². The first-order valence-corrected chi connectivity index (χ1v) is 11.0. The first kappa shape index (κ1) is 24.4. The maximum absolute atomic E-state index is 13.7. The summed E-state index contributed by atoms with van der Waals surface area (Å²) in [6.45, 7) is 4.25. The zero-order chi connectivity index (χ0) is 24.1. The molecule has 0 unspecified atom stereocenters. The Labute approximate surface area is 193 Å². The molecule has 1 N–H and O–H groups in total. The highest BCUT2D eigenvalue weighted by Crippen LogP contribution is 2.41. The Morgan fingerprint density at radius 2 is 1.76 bits per heavy atom. The summed E-state index contributed by atoms with van der Waals surface area (Å²) in [5, 5.41) is 2.86. The van der Waals surface area contributed by atoms with E-state index in [2.05, 4.69) is 5.32 Å². The smallest absolute Gasteiger partial charge is 0.328 e. The molecule has 0 radical (unpaired) electrons. The number of nitrogens with zero attached hydrogens (tertiary/aromatic N) is 1. The molecule has 3 rings (SSSR count). The number of hydrogen-bond donors (Lipinski definition) is 1. The van der Waals surface area contributed by atoms with Crippen LogP contribution in [0.25, 0.3) is 0 Å². The number of carbonyl (C=O) groups is 2. The molecule has 7 nitrogen and oxygen atoms in total. The second-order valence-corrected chi connectivity index (χ2v) is 8.14. The molecule has 0 aliphatic carbocycles. The number of fused-ring (bicyclic) bond motifs is 1. The standard InChI is InChI=1S/C25H31FN2O5/c1-6-15(2)22(24(29)33-5)27-25(30)28-12-11-17-13-20(31-3)21(32-4)14-19(17)23(28)16-7-9-18(26)10-8-16/h7-10,13-15,22-23H,6,11-12H2,1-5H3,(H,27,30)/t15-,22+,23+/m1/s1. The molecule has 1 aliphatic rings. The minimum Gasteiger partial charge on any atom is -0.493 e. The molecule has 0 spiro atoms. The number of benzene rings is 2. The third-order valence-electron chi connectivity index (χ3n) is 6.27. The zero-order valence-electron chi connectivity index (χ0n) is 19.7. The van der Waals surface area contributed by atoms with Crippen molar-refractivity contribution < 1.29 is 28.2 Å². The molecule has 2 aromatic carbocycles. The summed E-state index contributed by atoms with van der Waals surface area (Å²) in [6.07, 6.45) is 1.29. The largest absolute Gasteiger partial charge is 0.493 e. The molecule has 8 heteroatoms. The van der Waals surface area contributed by atoms with Crippen LogP contribution in [0.4, 0.5) is 9.18 Å². The van der Waals surface area contributed by atoms with Gasteiger partial charge in [0.15, 0.2) is 11.5 Å². The van der Waals surface area contributed by atoms with Crippen LogP contribution in [0.1, 0.15) is 43.0 Å². The Morgan fingerprint density at radius 1 is 1.12 bits per heavy atom. The van der Waals surface area contributed by atoms with Crippen LogP contribution in [0.2, 0.25) is 0 Å². The highest BCUT2D eigenvalue weighted by Gasteiger charge is 2.36. The van der Waals surface area contributed by atoms with E-state index in [0.29, 0.717) is 30.9 Å². The zero-order valence-corrected chi connectivity index (χ0v) is 19.7. The van der Waals surface area contributed by atoms with Gasteiger partial charge in [0.2, 0.25) is 0 Å². The molecule has 2 amide bonds. The summed E-state index contributed by atoms with van der Waals surface area (Å²) in [7, 11) is 4.44. The molecule has 0 saturated carbocycles. The van der Waals surface area contributed by atoms with Gasteiger partial charge in [-0.1, -0.05) is 32.4 Å². The van der Waals surface area contributed by atoms with Gasteiger partial charge < -0.3 is 24.4 Å². The predicted molar refractivity (Wildman–Crippen MR) is 122 cm³/mol. The maximum atomic E-state index is 13.7. The van der Waals surface area contributed by atoms with E-state index in [4.69, 9.17) is 14.2 Å². The Kier molecular flexibility index (Phi) is 7.79. The topological polar surface area (TPSA) is 77.1 Å². The van der Waals surface area contributed by atoms with Gasteiger partial charge in [0, 0.05) is 6.54 Å². The van der Waals surface area contributed by atoms with Crippen molar-refractivity contribution in [3.8, 4) is 11.5 Å². The quantitative estimate of drug-likeness (QED) is 0.633. The van der Waals surface area contributed by atoms with E-state index in [1.54, 1.807) is 31.3 Å². The summed E-state index contributed by atoms with van der Waals surface area (Å²) < 4.78 is 29.5. The van der Waals surface area contributed by atoms with Crippen molar-refractivity contribution >= 4 is 12.0 Å². The van der Waals surface area contributed by atoms with Crippen LogP contribution < -0.4 is 14.8 Å². The first-order valence-electron chi connectivity index (χ1n) is 11.0. The molecule has 0 fully saturated rings. The average molecular weight is 459 g/mol. The molecular formula is C25H31FN2O5. The molecule has 178 valence electrons. The van der Waals surface area contributed by atoms with Gasteiger partial charge in [-0.05, 0) is 53.3 Å². The number of methoxy groups -OCH3 is 3. The van der Waals surface area contributed by atoms with Gasteiger partial charge in [-0.15, -0.1) is 0 Å². The fourth-order valence-corrected chi connectivity index (χ4v) is 4.18. The van der Waals surface area contributed by atoms with E-state index in [1.165, 1.54) is 19.2 Å². The normalized spacial score (nSPS) is 16.9. The highest BCUT2D eigenvalue weighted by molar-refractivity contribution is 5.84. The van der Waals surface area contributed by atoms with Gasteiger partial charge in [-0.2, -0.15) is 0 Å². The van der Waals surface area contributed by atoms with Crippen LogP contribution in [0, 0.1) is 11.7 Å². The number of nitrogens with one attached hydrogen (secondary N) is 1. The Bertz CT molecular complexity index is 995. The molecule has 0 saturated heterocycles. The number of amides is 2. The summed E-state index contributed by atoms with van der Waals surface area (Å²) in [4.78, 5) is 27.5. The molecular weight excluding hydrogens is 427 g/mol. The van der Waals surface area contributed by atoms with Crippen molar-refractivity contribution in [1.29, 1.82) is 0 Å². The van der Waals surface area contributed by atoms with Crippen molar-refractivity contribution in [1.82, 2.24) is 10.2 Å². The lowest BCUT2D eigenvalue weighted by molar-refractivity contribution is -0.144. The number of esters is 1. The molecule has 2 aromatic rings. The molecule has 3 atom stereocenters. The number of halogens is 1. The summed E-state index contributed by atoms with van der Waals surface area (Å²) in [6, 6.07) is 8.19. The lowest BCUT2D eigenvalue weighted by atomic mass is 9.87. The van der Waals surface area contributed by atoms with E-state index in [9.17, 15) is 14.0 Å². The minimum atomic E-state index is -0.770. The molecule has 1 aliphatic heterocycles. The van der Waals surface area contributed by atoms with Crippen LogP contribution >= 0.6 is 0 Å². The van der Waals surface area contributed by atoms with E-state index in [1.807, 2.05) is 26.0 Å².